The number of H-pyrrole nitrogens is 1. The SMILES string of the molecule is Cc1sc(CCNCCc2nc3ccccc3[nH]2)nc1C(=O)NCc1ncccn1. The number of fused-ring (bicyclic) bond motifs is 1. The van der Waals surface area contributed by atoms with Crippen molar-refractivity contribution in [2.75, 3.05) is 13.1 Å². The van der Waals surface area contributed by atoms with E-state index < -0.39 is 0 Å². The van der Waals surface area contributed by atoms with E-state index in [-0.39, 0.29) is 12.5 Å². The zero-order valence-electron chi connectivity index (χ0n) is 16.7. The minimum Gasteiger partial charge on any atom is -0.343 e. The first-order valence-electron chi connectivity index (χ1n) is 9.84. The predicted octanol–water partition coefficient (Wildman–Crippen LogP) is 2.42. The molecule has 0 aliphatic heterocycles. The summed E-state index contributed by atoms with van der Waals surface area (Å²) in [4.78, 5) is 34.0. The van der Waals surface area contributed by atoms with E-state index in [0.717, 1.165) is 52.7 Å². The summed E-state index contributed by atoms with van der Waals surface area (Å²) in [7, 11) is 0. The molecule has 0 aliphatic carbocycles. The minimum absolute atomic E-state index is 0.194. The molecule has 0 atom stereocenters. The van der Waals surface area contributed by atoms with Crippen molar-refractivity contribution in [2.24, 2.45) is 0 Å². The molecule has 0 bridgehead atoms. The first kappa shape index (κ1) is 20.1. The molecule has 0 spiro atoms. The van der Waals surface area contributed by atoms with Gasteiger partial charge in [-0.25, -0.2) is 19.9 Å². The molecule has 0 saturated carbocycles. The van der Waals surface area contributed by atoms with Gasteiger partial charge in [0.1, 0.15) is 17.3 Å². The summed E-state index contributed by atoms with van der Waals surface area (Å²) in [6, 6.07) is 9.78. The molecule has 0 saturated heterocycles. The summed E-state index contributed by atoms with van der Waals surface area (Å²) in [5, 5.41) is 7.20. The smallest absolute Gasteiger partial charge is 0.271 e. The van der Waals surface area contributed by atoms with Gasteiger partial charge in [-0.3, -0.25) is 4.79 Å². The van der Waals surface area contributed by atoms with Crippen LogP contribution >= 0.6 is 11.3 Å². The van der Waals surface area contributed by atoms with Crippen molar-refractivity contribution in [3.63, 3.8) is 0 Å². The Morgan fingerprint density at radius 2 is 1.87 bits per heavy atom. The quantitative estimate of drug-likeness (QED) is 0.358. The Morgan fingerprint density at radius 3 is 2.70 bits per heavy atom. The molecule has 1 aromatic carbocycles. The molecule has 0 unspecified atom stereocenters. The number of nitrogens with one attached hydrogen (secondary N) is 3. The monoisotopic (exact) mass is 421 g/mol. The van der Waals surface area contributed by atoms with E-state index in [4.69, 9.17) is 0 Å². The van der Waals surface area contributed by atoms with Crippen molar-refractivity contribution in [3.8, 4) is 0 Å². The molecule has 154 valence electrons. The first-order valence-corrected chi connectivity index (χ1v) is 10.7. The lowest BCUT2D eigenvalue weighted by atomic mass is 10.3. The number of hydrogen-bond acceptors (Lipinski definition) is 7. The second-order valence-electron chi connectivity index (χ2n) is 6.81. The summed E-state index contributed by atoms with van der Waals surface area (Å²) in [6.45, 7) is 3.83. The lowest BCUT2D eigenvalue weighted by Crippen LogP contribution is -2.25. The highest BCUT2D eigenvalue weighted by atomic mass is 32.1. The van der Waals surface area contributed by atoms with Crippen LogP contribution in [0.2, 0.25) is 0 Å². The van der Waals surface area contributed by atoms with Gasteiger partial charge in [0, 0.05) is 43.2 Å². The molecular formula is C21H23N7OS. The molecule has 0 fully saturated rings. The second-order valence-corrected chi connectivity index (χ2v) is 8.10. The van der Waals surface area contributed by atoms with Crippen LogP contribution in [0.3, 0.4) is 0 Å². The summed E-state index contributed by atoms with van der Waals surface area (Å²) >= 11 is 1.56. The minimum atomic E-state index is -0.194. The number of rotatable bonds is 9. The normalized spacial score (nSPS) is 11.1. The van der Waals surface area contributed by atoms with Gasteiger partial charge in [-0.2, -0.15) is 0 Å². The molecule has 3 heterocycles. The summed E-state index contributed by atoms with van der Waals surface area (Å²) in [5.74, 6) is 1.36. The Bertz CT molecular complexity index is 1090. The lowest BCUT2D eigenvalue weighted by molar-refractivity contribution is 0.0945. The largest absolute Gasteiger partial charge is 0.343 e. The van der Waals surface area contributed by atoms with E-state index in [1.807, 2.05) is 31.2 Å². The van der Waals surface area contributed by atoms with Crippen LogP contribution in [0.15, 0.2) is 42.7 Å². The van der Waals surface area contributed by atoms with E-state index in [1.165, 1.54) is 0 Å². The fraction of sp³-hybridized carbons (Fsp3) is 0.286. The van der Waals surface area contributed by atoms with Gasteiger partial charge in [-0.05, 0) is 25.1 Å². The van der Waals surface area contributed by atoms with E-state index in [9.17, 15) is 4.79 Å². The van der Waals surface area contributed by atoms with Gasteiger partial charge in [0.15, 0.2) is 0 Å². The number of aromatic nitrogens is 5. The molecule has 1 amide bonds. The van der Waals surface area contributed by atoms with E-state index in [1.54, 1.807) is 29.8 Å². The summed E-state index contributed by atoms with van der Waals surface area (Å²) in [6.07, 6.45) is 4.92. The molecule has 8 nitrogen and oxygen atoms in total. The number of amides is 1. The Morgan fingerprint density at radius 1 is 1.07 bits per heavy atom. The van der Waals surface area contributed by atoms with Gasteiger partial charge in [-0.15, -0.1) is 11.3 Å². The van der Waals surface area contributed by atoms with E-state index in [0.29, 0.717) is 11.5 Å². The second kappa shape index (κ2) is 9.55. The number of imidazole rings is 1. The van der Waals surface area contributed by atoms with Crippen LogP contribution in [0.25, 0.3) is 11.0 Å². The van der Waals surface area contributed by atoms with Gasteiger partial charge in [0.05, 0.1) is 22.6 Å². The number of carbonyl (C=O) groups excluding carboxylic acids is 1. The van der Waals surface area contributed by atoms with Crippen molar-refractivity contribution in [3.05, 3.63) is 70.0 Å². The number of aryl methyl sites for hydroxylation is 1. The van der Waals surface area contributed by atoms with Gasteiger partial charge in [0.25, 0.3) is 5.91 Å². The van der Waals surface area contributed by atoms with Crippen molar-refractivity contribution in [2.45, 2.75) is 26.3 Å². The molecule has 4 rings (SSSR count). The highest BCUT2D eigenvalue weighted by Crippen LogP contribution is 2.18. The van der Waals surface area contributed by atoms with Crippen LogP contribution in [0.4, 0.5) is 0 Å². The molecule has 9 heteroatoms. The maximum absolute atomic E-state index is 12.4. The van der Waals surface area contributed by atoms with Crippen molar-refractivity contribution in [1.29, 1.82) is 0 Å². The third kappa shape index (κ3) is 5.05. The maximum Gasteiger partial charge on any atom is 0.271 e. The van der Waals surface area contributed by atoms with Crippen LogP contribution in [0.5, 0.6) is 0 Å². The lowest BCUT2D eigenvalue weighted by Gasteiger charge is -2.02. The third-order valence-electron chi connectivity index (χ3n) is 4.57. The van der Waals surface area contributed by atoms with Gasteiger partial charge in [0.2, 0.25) is 0 Å². The first-order chi connectivity index (χ1) is 14.7. The van der Waals surface area contributed by atoms with Crippen LogP contribution in [0.1, 0.15) is 32.0 Å². The molecule has 0 aliphatic rings. The summed E-state index contributed by atoms with van der Waals surface area (Å²) < 4.78 is 0. The fourth-order valence-corrected chi connectivity index (χ4v) is 4.01. The molecule has 3 aromatic heterocycles. The van der Waals surface area contributed by atoms with Crippen molar-refractivity contribution >= 4 is 28.3 Å². The fourth-order valence-electron chi connectivity index (χ4n) is 3.08. The number of thiazole rings is 1. The Balaban J connectivity index is 1.22. The van der Waals surface area contributed by atoms with Crippen molar-refractivity contribution < 1.29 is 4.79 Å². The molecule has 30 heavy (non-hydrogen) atoms. The highest BCUT2D eigenvalue weighted by molar-refractivity contribution is 7.11. The average molecular weight is 422 g/mol. The zero-order valence-corrected chi connectivity index (χ0v) is 17.5. The standard InChI is InChI=1S/C21H23N7OS/c1-14-20(21(29)25-13-18-23-9-4-10-24-18)28-19(30-14)8-12-22-11-7-17-26-15-5-2-3-6-16(15)27-17/h2-6,9-10,22H,7-8,11-13H2,1H3,(H,25,29)(H,26,27). The van der Waals surface area contributed by atoms with Crippen LogP contribution in [-0.4, -0.2) is 43.9 Å². The number of carbonyl (C=O) groups is 1. The predicted molar refractivity (Wildman–Crippen MR) is 116 cm³/mol. The van der Waals surface area contributed by atoms with E-state index >= 15 is 0 Å². The van der Waals surface area contributed by atoms with Crippen LogP contribution in [0, 0.1) is 6.92 Å². The number of hydrogen-bond donors (Lipinski definition) is 3. The molecular weight excluding hydrogens is 398 g/mol. The topological polar surface area (TPSA) is 108 Å². The Labute approximate surface area is 178 Å². The molecule has 3 N–H and O–H groups in total. The average Bonchev–Trinajstić information content (AvgIpc) is 3.35. The number of aromatic amines is 1. The molecule has 4 aromatic rings. The maximum atomic E-state index is 12.4. The number of nitrogens with zero attached hydrogens (tertiary/aromatic N) is 4. The van der Waals surface area contributed by atoms with Gasteiger partial charge >= 0.3 is 0 Å². The van der Waals surface area contributed by atoms with E-state index in [2.05, 4.69) is 35.6 Å². The zero-order chi connectivity index (χ0) is 20.8. The number of para-hydroxylation sites is 2. The Kier molecular flexibility index (Phi) is 6.41. The highest BCUT2D eigenvalue weighted by Gasteiger charge is 2.15. The van der Waals surface area contributed by atoms with Crippen molar-refractivity contribution in [1.82, 2.24) is 35.6 Å². The van der Waals surface area contributed by atoms with Crippen LogP contribution in [-0.2, 0) is 19.4 Å². The third-order valence-corrected chi connectivity index (χ3v) is 5.61. The van der Waals surface area contributed by atoms with Gasteiger partial charge in [-0.1, -0.05) is 12.1 Å². The van der Waals surface area contributed by atoms with Crippen LogP contribution < -0.4 is 10.6 Å². The van der Waals surface area contributed by atoms with Gasteiger partial charge < -0.3 is 15.6 Å². The number of benzene rings is 1. The Hall–Kier alpha value is -3.17. The summed E-state index contributed by atoms with van der Waals surface area (Å²) in [5.41, 5.74) is 2.54. The molecule has 0 radical (unpaired) electrons.